The summed E-state index contributed by atoms with van der Waals surface area (Å²) in [5.74, 6) is 0.284. The molecule has 0 aliphatic rings. The Morgan fingerprint density at radius 3 is 2.15 bits per heavy atom. The lowest BCUT2D eigenvalue weighted by molar-refractivity contribution is -0.117. The number of nitrogens with one attached hydrogen (secondary N) is 2. The maximum Gasteiger partial charge on any atom is 0.238 e. The van der Waals surface area contributed by atoms with Crippen LogP contribution in [0.4, 0.5) is 11.4 Å². The van der Waals surface area contributed by atoms with E-state index in [2.05, 4.69) is 10.6 Å². The number of rotatable bonds is 8. The summed E-state index contributed by atoms with van der Waals surface area (Å²) in [6, 6.07) is 14.6. The van der Waals surface area contributed by atoms with Crippen LogP contribution in [-0.2, 0) is 9.59 Å². The van der Waals surface area contributed by atoms with Gasteiger partial charge in [-0.1, -0.05) is 30.3 Å². The average molecular weight is 365 g/mol. The molecule has 0 aliphatic heterocycles. The van der Waals surface area contributed by atoms with Crippen molar-refractivity contribution in [1.29, 1.82) is 5.26 Å². The van der Waals surface area contributed by atoms with Gasteiger partial charge in [0.1, 0.15) is 12.2 Å². The number of carbonyl (C=O) groups is 2. The fourth-order valence-corrected chi connectivity index (χ4v) is 2.61. The van der Waals surface area contributed by atoms with E-state index < -0.39 is 5.91 Å². The third kappa shape index (κ3) is 6.15. The van der Waals surface area contributed by atoms with Gasteiger partial charge in [0.15, 0.2) is 0 Å². The monoisotopic (exact) mass is 365 g/mol. The predicted molar refractivity (Wildman–Crippen MR) is 105 cm³/mol. The summed E-state index contributed by atoms with van der Waals surface area (Å²) in [5, 5.41) is 14.0. The molecule has 0 saturated carbocycles. The summed E-state index contributed by atoms with van der Waals surface area (Å²) in [5.41, 5.74) is 3.12. The minimum absolute atomic E-state index is 0.165. The fraction of sp³-hybridized carbons (Fsp3) is 0.286. The van der Waals surface area contributed by atoms with E-state index in [9.17, 15) is 9.59 Å². The first kappa shape index (κ1) is 20.0. The Morgan fingerprint density at radius 2 is 1.56 bits per heavy atom. The Balaban J connectivity index is 1.84. The number of nitriles is 1. The molecule has 0 atom stereocenters. The van der Waals surface area contributed by atoms with Crippen LogP contribution in [0.1, 0.15) is 30.4 Å². The zero-order chi connectivity index (χ0) is 19.6. The van der Waals surface area contributed by atoms with Crippen LogP contribution < -0.4 is 15.4 Å². The van der Waals surface area contributed by atoms with Crippen molar-refractivity contribution in [2.45, 2.75) is 33.1 Å². The second kappa shape index (κ2) is 9.97. The minimum atomic E-state index is -0.416. The number of ether oxygens (including phenoxy) is 1. The summed E-state index contributed by atoms with van der Waals surface area (Å²) in [6.07, 6.45) is 0.631. The van der Waals surface area contributed by atoms with Crippen molar-refractivity contribution in [3.05, 3.63) is 53.6 Å². The lowest BCUT2D eigenvalue weighted by atomic mass is 10.1. The van der Waals surface area contributed by atoms with Gasteiger partial charge >= 0.3 is 0 Å². The molecule has 0 saturated heterocycles. The molecule has 2 aromatic carbocycles. The molecule has 0 radical (unpaired) electrons. The third-order valence-electron chi connectivity index (χ3n) is 3.92. The van der Waals surface area contributed by atoms with E-state index in [4.69, 9.17) is 10.00 Å². The molecule has 140 valence electrons. The van der Waals surface area contributed by atoms with Crippen LogP contribution in [-0.4, -0.2) is 18.4 Å². The normalized spacial score (nSPS) is 9.96. The Kier molecular flexibility index (Phi) is 7.38. The van der Waals surface area contributed by atoms with Gasteiger partial charge in [0.05, 0.1) is 24.1 Å². The number of carbonyl (C=O) groups excluding carboxylic acids is 2. The van der Waals surface area contributed by atoms with E-state index in [1.165, 1.54) is 0 Å². The Labute approximate surface area is 159 Å². The number of anilines is 2. The second-order valence-electron chi connectivity index (χ2n) is 6.15. The molecular weight excluding hydrogens is 342 g/mol. The third-order valence-corrected chi connectivity index (χ3v) is 3.92. The first-order valence-corrected chi connectivity index (χ1v) is 8.76. The number of amides is 2. The molecular formula is C21H23N3O3. The lowest BCUT2D eigenvalue weighted by Crippen LogP contribution is -2.16. The quantitative estimate of drug-likeness (QED) is 0.693. The number of hydrogen-bond donors (Lipinski definition) is 2. The van der Waals surface area contributed by atoms with Crippen LogP contribution in [0.2, 0.25) is 0 Å². The van der Waals surface area contributed by atoms with Gasteiger partial charge in [-0.2, -0.15) is 5.26 Å². The van der Waals surface area contributed by atoms with E-state index in [1.807, 2.05) is 32.0 Å². The Morgan fingerprint density at radius 1 is 0.963 bits per heavy atom. The highest BCUT2D eigenvalue weighted by Crippen LogP contribution is 2.23. The molecule has 0 heterocycles. The van der Waals surface area contributed by atoms with Gasteiger partial charge in [-0.15, -0.1) is 0 Å². The zero-order valence-corrected chi connectivity index (χ0v) is 15.5. The van der Waals surface area contributed by atoms with Gasteiger partial charge in [-0.25, -0.2) is 0 Å². The summed E-state index contributed by atoms with van der Waals surface area (Å²) < 4.78 is 5.80. The molecule has 2 amide bonds. The predicted octanol–water partition coefficient (Wildman–Crippen LogP) is 3.95. The standard InChI is InChI=1S/C21H23N3O3/c1-15-7-5-8-16(2)21(15)27-14-6-11-19(25)23-17-9-3-4-10-18(17)24-20(26)12-13-22/h3-5,7-10H,6,11-12,14H2,1-2H3,(H,23,25)(H,24,26). The number of nitrogens with zero attached hydrogens (tertiary/aromatic N) is 1. The Hall–Kier alpha value is -3.33. The summed E-state index contributed by atoms with van der Waals surface area (Å²) >= 11 is 0. The topological polar surface area (TPSA) is 91.2 Å². The number of benzene rings is 2. The molecule has 0 aliphatic carbocycles. The van der Waals surface area contributed by atoms with Crippen molar-refractivity contribution in [2.24, 2.45) is 0 Å². The number of aryl methyl sites for hydroxylation is 2. The highest BCUT2D eigenvalue weighted by atomic mass is 16.5. The van der Waals surface area contributed by atoms with Crippen LogP contribution in [0.5, 0.6) is 5.75 Å². The van der Waals surface area contributed by atoms with Gasteiger partial charge in [-0.3, -0.25) is 9.59 Å². The van der Waals surface area contributed by atoms with Gasteiger partial charge < -0.3 is 15.4 Å². The molecule has 0 aromatic heterocycles. The smallest absolute Gasteiger partial charge is 0.238 e. The largest absolute Gasteiger partial charge is 0.493 e. The van der Waals surface area contributed by atoms with Crippen molar-refractivity contribution in [1.82, 2.24) is 0 Å². The Bertz CT molecular complexity index is 836. The minimum Gasteiger partial charge on any atom is -0.493 e. The van der Waals surface area contributed by atoms with Gasteiger partial charge in [0.25, 0.3) is 0 Å². The lowest BCUT2D eigenvalue weighted by Gasteiger charge is -2.13. The fourth-order valence-electron chi connectivity index (χ4n) is 2.61. The molecule has 2 rings (SSSR count). The van der Waals surface area contributed by atoms with Crippen molar-refractivity contribution in [2.75, 3.05) is 17.2 Å². The van der Waals surface area contributed by atoms with Gasteiger partial charge in [-0.05, 0) is 43.5 Å². The van der Waals surface area contributed by atoms with E-state index in [1.54, 1.807) is 30.3 Å². The van der Waals surface area contributed by atoms with Crippen molar-refractivity contribution in [3.8, 4) is 11.8 Å². The molecule has 0 spiro atoms. The molecule has 0 fully saturated rings. The number of hydrogen-bond acceptors (Lipinski definition) is 4. The number of para-hydroxylation sites is 3. The highest BCUT2D eigenvalue weighted by molar-refractivity contribution is 5.99. The van der Waals surface area contributed by atoms with E-state index >= 15 is 0 Å². The van der Waals surface area contributed by atoms with Crippen molar-refractivity contribution < 1.29 is 14.3 Å². The molecule has 2 N–H and O–H groups in total. The molecule has 0 bridgehead atoms. The van der Waals surface area contributed by atoms with Gasteiger partial charge in [0, 0.05) is 6.42 Å². The molecule has 2 aromatic rings. The van der Waals surface area contributed by atoms with Crippen LogP contribution in [0.15, 0.2) is 42.5 Å². The summed E-state index contributed by atoms with van der Waals surface area (Å²) in [7, 11) is 0. The highest BCUT2D eigenvalue weighted by Gasteiger charge is 2.10. The molecule has 6 nitrogen and oxygen atoms in total. The summed E-state index contributed by atoms with van der Waals surface area (Å²) in [4.78, 5) is 23.8. The van der Waals surface area contributed by atoms with Crippen molar-refractivity contribution >= 4 is 23.2 Å². The molecule has 0 unspecified atom stereocenters. The molecule has 27 heavy (non-hydrogen) atoms. The maximum atomic E-state index is 12.2. The van der Waals surface area contributed by atoms with E-state index in [-0.39, 0.29) is 12.3 Å². The van der Waals surface area contributed by atoms with E-state index in [0.29, 0.717) is 30.8 Å². The zero-order valence-electron chi connectivity index (χ0n) is 15.5. The van der Waals surface area contributed by atoms with Gasteiger partial charge in [0.2, 0.25) is 11.8 Å². The van der Waals surface area contributed by atoms with Crippen LogP contribution in [0, 0.1) is 25.2 Å². The SMILES string of the molecule is Cc1cccc(C)c1OCCCC(=O)Nc1ccccc1NC(=O)CC#N. The maximum absolute atomic E-state index is 12.2. The van der Waals surface area contributed by atoms with Crippen LogP contribution in [0.3, 0.4) is 0 Å². The van der Waals surface area contributed by atoms with Crippen molar-refractivity contribution in [3.63, 3.8) is 0 Å². The average Bonchev–Trinajstić information content (AvgIpc) is 2.62. The van der Waals surface area contributed by atoms with Crippen LogP contribution in [0.25, 0.3) is 0 Å². The first-order chi connectivity index (χ1) is 13.0. The first-order valence-electron chi connectivity index (χ1n) is 8.76. The van der Waals surface area contributed by atoms with Crippen LogP contribution >= 0.6 is 0 Å². The second-order valence-corrected chi connectivity index (χ2v) is 6.15. The molecule has 6 heteroatoms. The summed E-state index contributed by atoms with van der Waals surface area (Å²) in [6.45, 7) is 4.43. The van der Waals surface area contributed by atoms with E-state index in [0.717, 1.165) is 16.9 Å².